The summed E-state index contributed by atoms with van der Waals surface area (Å²) in [7, 11) is 0. The van der Waals surface area contributed by atoms with Crippen molar-refractivity contribution in [2.24, 2.45) is 0 Å². The smallest absolute Gasteiger partial charge is 0.160 e. The lowest BCUT2D eigenvalue weighted by atomic mass is 10.0. The Hall–Kier alpha value is -1.00. The molecule has 1 aromatic heterocycles. The van der Waals surface area contributed by atoms with Crippen LogP contribution in [0.5, 0.6) is 0 Å². The van der Waals surface area contributed by atoms with E-state index in [2.05, 4.69) is 12.2 Å². The minimum Gasteiger partial charge on any atom is -0.368 e. The van der Waals surface area contributed by atoms with Gasteiger partial charge in [0, 0.05) is 37.4 Å². The molecular weight excluding hydrogens is 226 g/mol. The number of rotatable bonds is 4. The monoisotopic (exact) mass is 249 g/mol. The largest absolute Gasteiger partial charge is 0.368 e. The van der Waals surface area contributed by atoms with Crippen molar-refractivity contribution in [3.05, 3.63) is 22.8 Å². The first-order valence-corrected chi connectivity index (χ1v) is 6.82. The second-order valence-corrected chi connectivity index (χ2v) is 5.14. The standard InChI is InChI=1S/C14H23N3O/c1-5-11-10-9-15-8-7-12(10)17-13(16-11)14(3,4)18-6-2/h15H,5-9H2,1-4H3. The van der Waals surface area contributed by atoms with E-state index in [1.165, 1.54) is 11.3 Å². The lowest BCUT2D eigenvalue weighted by molar-refractivity contribution is -0.0211. The Morgan fingerprint density at radius 3 is 2.72 bits per heavy atom. The molecule has 0 spiro atoms. The van der Waals surface area contributed by atoms with Crippen LogP contribution in [-0.4, -0.2) is 23.1 Å². The van der Waals surface area contributed by atoms with Gasteiger partial charge in [-0.1, -0.05) is 6.92 Å². The highest BCUT2D eigenvalue weighted by Crippen LogP contribution is 2.25. The second kappa shape index (κ2) is 5.33. The predicted octanol–water partition coefficient (Wildman–Crippen LogP) is 1.96. The lowest BCUT2D eigenvalue weighted by Gasteiger charge is -2.26. The third-order valence-electron chi connectivity index (χ3n) is 3.40. The highest BCUT2D eigenvalue weighted by molar-refractivity contribution is 5.29. The molecule has 0 unspecified atom stereocenters. The molecule has 1 aromatic rings. The third-order valence-corrected chi connectivity index (χ3v) is 3.40. The fourth-order valence-corrected chi connectivity index (χ4v) is 2.40. The Morgan fingerprint density at radius 1 is 1.28 bits per heavy atom. The van der Waals surface area contributed by atoms with E-state index in [0.29, 0.717) is 6.61 Å². The molecule has 0 fully saturated rings. The van der Waals surface area contributed by atoms with Gasteiger partial charge in [0.05, 0.1) is 5.69 Å². The molecule has 1 aliphatic heterocycles. The van der Waals surface area contributed by atoms with Gasteiger partial charge in [-0.15, -0.1) is 0 Å². The number of fused-ring (bicyclic) bond motifs is 1. The molecule has 0 radical (unpaired) electrons. The van der Waals surface area contributed by atoms with Crippen molar-refractivity contribution < 1.29 is 4.74 Å². The molecule has 0 atom stereocenters. The number of aryl methyl sites for hydroxylation is 1. The maximum absolute atomic E-state index is 5.77. The SMILES string of the molecule is CCOC(C)(C)c1nc(CC)c2c(n1)CCNC2. The van der Waals surface area contributed by atoms with Crippen molar-refractivity contribution in [1.82, 2.24) is 15.3 Å². The van der Waals surface area contributed by atoms with Crippen LogP contribution >= 0.6 is 0 Å². The van der Waals surface area contributed by atoms with E-state index in [-0.39, 0.29) is 0 Å². The Kier molecular flexibility index (Phi) is 3.97. The number of aromatic nitrogens is 2. The summed E-state index contributed by atoms with van der Waals surface area (Å²) >= 11 is 0. The maximum Gasteiger partial charge on any atom is 0.160 e. The van der Waals surface area contributed by atoms with Gasteiger partial charge in [0.25, 0.3) is 0 Å². The summed E-state index contributed by atoms with van der Waals surface area (Å²) in [6.45, 7) is 10.8. The van der Waals surface area contributed by atoms with Crippen LogP contribution < -0.4 is 5.32 Å². The Bertz CT molecular complexity index is 412. The quantitative estimate of drug-likeness (QED) is 0.886. The molecule has 18 heavy (non-hydrogen) atoms. The first kappa shape index (κ1) is 13.4. The molecule has 2 rings (SSSR count). The third kappa shape index (κ3) is 2.54. The maximum atomic E-state index is 5.77. The van der Waals surface area contributed by atoms with Crippen LogP contribution in [0.3, 0.4) is 0 Å². The fourth-order valence-electron chi connectivity index (χ4n) is 2.40. The van der Waals surface area contributed by atoms with E-state index >= 15 is 0 Å². The number of hydrogen-bond acceptors (Lipinski definition) is 4. The van der Waals surface area contributed by atoms with Crippen LogP contribution in [0.1, 0.15) is 50.5 Å². The van der Waals surface area contributed by atoms with Crippen molar-refractivity contribution in [2.75, 3.05) is 13.2 Å². The Labute approximate surface area is 109 Å². The van der Waals surface area contributed by atoms with E-state index in [9.17, 15) is 0 Å². The van der Waals surface area contributed by atoms with Gasteiger partial charge in [0.1, 0.15) is 5.60 Å². The lowest BCUT2D eigenvalue weighted by Crippen LogP contribution is -2.31. The van der Waals surface area contributed by atoms with Gasteiger partial charge in [-0.25, -0.2) is 9.97 Å². The molecule has 4 nitrogen and oxygen atoms in total. The molecule has 0 bridgehead atoms. The second-order valence-electron chi connectivity index (χ2n) is 5.14. The summed E-state index contributed by atoms with van der Waals surface area (Å²) in [5.74, 6) is 0.821. The first-order chi connectivity index (χ1) is 8.58. The molecule has 0 aliphatic carbocycles. The van der Waals surface area contributed by atoms with Crippen molar-refractivity contribution in [3.8, 4) is 0 Å². The topological polar surface area (TPSA) is 47.0 Å². The zero-order chi connectivity index (χ0) is 13.2. The summed E-state index contributed by atoms with van der Waals surface area (Å²) < 4.78 is 5.77. The fraction of sp³-hybridized carbons (Fsp3) is 0.714. The number of nitrogens with one attached hydrogen (secondary N) is 1. The van der Waals surface area contributed by atoms with Crippen molar-refractivity contribution in [3.63, 3.8) is 0 Å². The number of hydrogen-bond donors (Lipinski definition) is 1. The van der Waals surface area contributed by atoms with E-state index < -0.39 is 5.60 Å². The summed E-state index contributed by atoms with van der Waals surface area (Å²) in [5.41, 5.74) is 3.25. The molecular formula is C14H23N3O. The van der Waals surface area contributed by atoms with Crippen molar-refractivity contribution in [1.29, 1.82) is 0 Å². The van der Waals surface area contributed by atoms with Crippen molar-refractivity contribution >= 4 is 0 Å². The van der Waals surface area contributed by atoms with Gasteiger partial charge in [0.15, 0.2) is 5.82 Å². The van der Waals surface area contributed by atoms with E-state index in [4.69, 9.17) is 14.7 Å². The average Bonchev–Trinajstić information content (AvgIpc) is 2.37. The summed E-state index contributed by atoms with van der Waals surface area (Å²) in [4.78, 5) is 9.45. The predicted molar refractivity (Wildman–Crippen MR) is 71.5 cm³/mol. The van der Waals surface area contributed by atoms with Crippen LogP contribution in [0.15, 0.2) is 0 Å². The summed E-state index contributed by atoms with van der Waals surface area (Å²) in [5, 5.41) is 3.39. The van der Waals surface area contributed by atoms with Crippen LogP contribution in [-0.2, 0) is 29.7 Å². The van der Waals surface area contributed by atoms with Gasteiger partial charge in [-0.05, 0) is 27.2 Å². The highest BCUT2D eigenvalue weighted by atomic mass is 16.5. The van der Waals surface area contributed by atoms with E-state index in [0.717, 1.165) is 37.4 Å². The zero-order valence-electron chi connectivity index (χ0n) is 11.8. The van der Waals surface area contributed by atoms with Gasteiger partial charge in [0.2, 0.25) is 0 Å². The highest BCUT2D eigenvalue weighted by Gasteiger charge is 2.27. The number of ether oxygens (including phenoxy) is 1. The van der Waals surface area contributed by atoms with Gasteiger partial charge in [-0.2, -0.15) is 0 Å². The summed E-state index contributed by atoms with van der Waals surface area (Å²) in [6.07, 6.45) is 1.93. The van der Waals surface area contributed by atoms with Gasteiger partial charge >= 0.3 is 0 Å². The molecule has 0 amide bonds. The molecule has 100 valence electrons. The molecule has 0 saturated heterocycles. The van der Waals surface area contributed by atoms with Crippen molar-refractivity contribution in [2.45, 2.75) is 52.7 Å². The van der Waals surface area contributed by atoms with E-state index in [1.807, 2.05) is 20.8 Å². The first-order valence-electron chi connectivity index (χ1n) is 6.82. The van der Waals surface area contributed by atoms with Gasteiger partial charge in [-0.3, -0.25) is 0 Å². The molecule has 1 N–H and O–H groups in total. The van der Waals surface area contributed by atoms with Gasteiger partial charge < -0.3 is 10.1 Å². The minimum atomic E-state index is -0.404. The van der Waals surface area contributed by atoms with Crippen LogP contribution in [0, 0.1) is 0 Å². The average molecular weight is 249 g/mol. The molecule has 0 aromatic carbocycles. The normalized spacial score (nSPS) is 15.6. The molecule has 2 heterocycles. The van der Waals surface area contributed by atoms with Crippen LogP contribution in [0.25, 0.3) is 0 Å². The molecule has 0 saturated carbocycles. The molecule has 4 heteroatoms. The Morgan fingerprint density at radius 2 is 2.06 bits per heavy atom. The summed E-state index contributed by atoms with van der Waals surface area (Å²) in [6, 6.07) is 0. The molecule has 1 aliphatic rings. The van der Waals surface area contributed by atoms with Crippen LogP contribution in [0.4, 0.5) is 0 Å². The van der Waals surface area contributed by atoms with Crippen LogP contribution in [0.2, 0.25) is 0 Å². The minimum absolute atomic E-state index is 0.404. The zero-order valence-corrected chi connectivity index (χ0v) is 11.8. The van der Waals surface area contributed by atoms with E-state index in [1.54, 1.807) is 0 Å². The number of nitrogens with zero attached hydrogens (tertiary/aromatic N) is 2. The Balaban J connectivity index is 2.44.